The molecule has 0 atom stereocenters. The summed E-state index contributed by atoms with van der Waals surface area (Å²) in [6.45, 7) is 6.65. The molecule has 0 saturated carbocycles. The first kappa shape index (κ1) is 14.5. The smallest absolute Gasteiger partial charge is 0.236 e. The minimum Gasteiger partial charge on any atom is -0.342 e. The molecule has 1 aliphatic heterocycles. The highest BCUT2D eigenvalue weighted by Crippen LogP contribution is 2.15. The van der Waals surface area contributed by atoms with E-state index in [1.165, 1.54) is 0 Å². The lowest BCUT2D eigenvalue weighted by Gasteiger charge is -2.30. The van der Waals surface area contributed by atoms with Crippen LogP contribution in [0.25, 0.3) is 0 Å². The average molecular weight is 241 g/mol. The lowest BCUT2D eigenvalue weighted by Crippen LogP contribution is -2.42. The maximum Gasteiger partial charge on any atom is 0.236 e. The van der Waals surface area contributed by atoms with Gasteiger partial charge < -0.3 is 15.1 Å². The normalized spacial score (nSPS) is 17.8. The van der Waals surface area contributed by atoms with Gasteiger partial charge in [-0.15, -0.1) is 0 Å². The SMILES string of the molecule is CC1CCN(C(=O)CNCCCN(C)C)CC1. The maximum absolute atomic E-state index is 11.9. The second kappa shape index (κ2) is 7.67. The Morgan fingerprint density at radius 1 is 1.35 bits per heavy atom. The van der Waals surface area contributed by atoms with Gasteiger partial charge in [-0.1, -0.05) is 6.92 Å². The highest BCUT2D eigenvalue weighted by molar-refractivity contribution is 5.78. The first-order chi connectivity index (χ1) is 8.09. The van der Waals surface area contributed by atoms with E-state index in [-0.39, 0.29) is 5.91 Å². The van der Waals surface area contributed by atoms with Gasteiger partial charge in [-0.05, 0) is 52.4 Å². The van der Waals surface area contributed by atoms with Crippen LogP contribution in [0, 0.1) is 5.92 Å². The molecule has 1 heterocycles. The van der Waals surface area contributed by atoms with Gasteiger partial charge in [0.25, 0.3) is 0 Å². The standard InChI is InChI=1S/C13H27N3O/c1-12-5-9-16(10-6-12)13(17)11-14-7-4-8-15(2)3/h12,14H,4-11H2,1-3H3. The number of hydrogen-bond donors (Lipinski definition) is 1. The van der Waals surface area contributed by atoms with Gasteiger partial charge in [-0.25, -0.2) is 0 Å². The third kappa shape index (κ3) is 6.03. The van der Waals surface area contributed by atoms with Crippen LogP contribution >= 0.6 is 0 Å². The zero-order valence-corrected chi connectivity index (χ0v) is 11.5. The first-order valence-electron chi connectivity index (χ1n) is 6.73. The van der Waals surface area contributed by atoms with Gasteiger partial charge in [-0.3, -0.25) is 4.79 Å². The predicted octanol–water partition coefficient (Wildman–Crippen LogP) is 0.786. The van der Waals surface area contributed by atoms with E-state index in [9.17, 15) is 4.79 Å². The number of rotatable bonds is 6. The lowest BCUT2D eigenvalue weighted by molar-refractivity contribution is -0.131. The Kier molecular flexibility index (Phi) is 6.52. The average Bonchev–Trinajstić information content (AvgIpc) is 2.29. The summed E-state index contributed by atoms with van der Waals surface area (Å²) in [6, 6.07) is 0. The molecule has 0 spiro atoms. The van der Waals surface area contributed by atoms with E-state index >= 15 is 0 Å². The molecule has 1 saturated heterocycles. The van der Waals surface area contributed by atoms with Gasteiger partial charge in [0.05, 0.1) is 6.54 Å². The van der Waals surface area contributed by atoms with Crippen molar-refractivity contribution < 1.29 is 4.79 Å². The molecule has 0 aromatic carbocycles. The third-order valence-electron chi connectivity index (χ3n) is 3.37. The van der Waals surface area contributed by atoms with Crippen LogP contribution in [0.1, 0.15) is 26.2 Å². The van der Waals surface area contributed by atoms with Crippen molar-refractivity contribution >= 4 is 5.91 Å². The summed E-state index contributed by atoms with van der Waals surface area (Å²) in [7, 11) is 4.14. The Balaban J connectivity index is 2.05. The van der Waals surface area contributed by atoms with Crippen LogP contribution in [0.4, 0.5) is 0 Å². The fraction of sp³-hybridized carbons (Fsp3) is 0.923. The van der Waals surface area contributed by atoms with Crippen LogP contribution in [-0.4, -0.2) is 62.5 Å². The molecule has 1 aliphatic rings. The fourth-order valence-electron chi connectivity index (χ4n) is 2.09. The van der Waals surface area contributed by atoms with E-state index in [1.54, 1.807) is 0 Å². The van der Waals surface area contributed by atoms with Crippen molar-refractivity contribution in [3.63, 3.8) is 0 Å². The number of nitrogens with zero attached hydrogens (tertiary/aromatic N) is 2. The maximum atomic E-state index is 11.9. The second-order valence-electron chi connectivity index (χ2n) is 5.40. The van der Waals surface area contributed by atoms with E-state index in [4.69, 9.17) is 0 Å². The number of carbonyl (C=O) groups is 1. The van der Waals surface area contributed by atoms with E-state index in [0.29, 0.717) is 6.54 Å². The molecule has 1 N–H and O–H groups in total. The monoisotopic (exact) mass is 241 g/mol. The van der Waals surface area contributed by atoms with Gasteiger partial charge in [0.2, 0.25) is 5.91 Å². The van der Waals surface area contributed by atoms with Crippen LogP contribution < -0.4 is 5.32 Å². The molecular formula is C13H27N3O. The Morgan fingerprint density at radius 3 is 2.59 bits per heavy atom. The number of amides is 1. The Labute approximate surface area is 105 Å². The van der Waals surface area contributed by atoms with E-state index in [1.807, 2.05) is 4.90 Å². The highest BCUT2D eigenvalue weighted by Gasteiger charge is 2.19. The van der Waals surface area contributed by atoms with Crippen LogP contribution in [-0.2, 0) is 4.79 Å². The van der Waals surface area contributed by atoms with Crippen LogP contribution in [0.15, 0.2) is 0 Å². The third-order valence-corrected chi connectivity index (χ3v) is 3.37. The van der Waals surface area contributed by atoms with Crippen molar-refractivity contribution in [3.8, 4) is 0 Å². The predicted molar refractivity (Wildman–Crippen MR) is 71.0 cm³/mol. The molecule has 0 radical (unpaired) electrons. The van der Waals surface area contributed by atoms with Crippen molar-refractivity contribution in [1.29, 1.82) is 0 Å². The van der Waals surface area contributed by atoms with Crippen molar-refractivity contribution in [2.75, 3.05) is 46.8 Å². The zero-order valence-electron chi connectivity index (χ0n) is 11.5. The molecule has 4 heteroatoms. The van der Waals surface area contributed by atoms with Gasteiger partial charge in [0, 0.05) is 13.1 Å². The quantitative estimate of drug-likeness (QED) is 0.698. The van der Waals surface area contributed by atoms with E-state index < -0.39 is 0 Å². The van der Waals surface area contributed by atoms with Crippen LogP contribution in [0.2, 0.25) is 0 Å². The molecule has 0 bridgehead atoms. The van der Waals surface area contributed by atoms with Gasteiger partial charge in [0.15, 0.2) is 0 Å². The van der Waals surface area contributed by atoms with Crippen molar-refractivity contribution in [2.45, 2.75) is 26.2 Å². The molecule has 0 aromatic heterocycles. The van der Waals surface area contributed by atoms with E-state index in [0.717, 1.165) is 51.4 Å². The molecule has 1 fully saturated rings. The minimum atomic E-state index is 0.266. The molecule has 100 valence electrons. The van der Waals surface area contributed by atoms with E-state index in [2.05, 4.69) is 31.2 Å². The summed E-state index contributed by atoms with van der Waals surface area (Å²) in [5.74, 6) is 1.05. The summed E-state index contributed by atoms with van der Waals surface area (Å²) in [4.78, 5) is 16.0. The molecule has 0 aliphatic carbocycles. The molecule has 17 heavy (non-hydrogen) atoms. The largest absolute Gasteiger partial charge is 0.342 e. The fourth-order valence-corrected chi connectivity index (χ4v) is 2.09. The Bertz CT molecular complexity index is 223. The Morgan fingerprint density at radius 2 is 2.00 bits per heavy atom. The molecule has 1 amide bonds. The summed E-state index contributed by atoms with van der Waals surface area (Å²) >= 11 is 0. The lowest BCUT2D eigenvalue weighted by atomic mass is 9.99. The van der Waals surface area contributed by atoms with Crippen molar-refractivity contribution in [3.05, 3.63) is 0 Å². The summed E-state index contributed by atoms with van der Waals surface area (Å²) in [5, 5.41) is 3.23. The van der Waals surface area contributed by atoms with Crippen molar-refractivity contribution in [1.82, 2.24) is 15.1 Å². The summed E-state index contributed by atoms with van der Waals surface area (Å²) < 4.78 is 0. The molecule has 0 aromatic rings. The first-order valence-corrected chi connectivity index (χ1v) is 6.73. The zero-order chi connectivity index (χ0) is 12.7. The molecule has 4 nitrogen and oxygen atoms in total. The number of hydrogen-bond acceptors (Lipinski definition) is 3. The van der Waals surface area contributed by atoms with Gasteiger partial charge >= 0.3 is 0 Å². The van der Waals surface area contributed by atoms with Gasteiger partial charge in [-0.2, -0.15) is 0 Å². The molecule has 0 unspecified atom stereocenters. The number of carbonyl (C=O) groups excluding carboxylic acids is 1. The van der Waals surface area contributed by atoms with Gasteiger partial charge in [0.1, 0.15) is 0 Å². The van der Waals surface area contributed by atoms with Crippen LogP contribution in [0.3, 0.4) is 0 Å². The minimum absolute atomic E-state index is 0.266. The van der Waals surface area contributed by atoms with Crippen molar-refractivity contribution in [2.24, 2.45) is 5.92 Å². The Hall–Kier alpha value is -0.610. The second-order valence-corrected chi connectivity index (χ2v) is 5.40. The highest BCUT2D eigenvalue weighted by atomic mass is 16.2. The molecule has 1 rings (SSSR count). The topological polar surface area (TPSA) is 35.6 Å². The molecular weight excluding hydrogens is 214 g/mol. The number of piperidine rings is 1. The number of nitrogens with one attached hydrogen (secondary N) is 1. The number of likely N-dealkylation sites (tertiary alicyclic amines) is 1. The summed E-state index contributed by atoms with van der Waals surface area (Å²) in [6.07, 6.45) is 3.41. The van der Waals surface area contributed by atoms with Crippen LogP contribution in [0.5, 0.6) is 0 Å². The summed E-state index contributed by atoms with van der Waals surface area (Å²) in [5.41, 5.74) is 0.